The van der Waals surface area contributed by atoms with Gasteiger partial charge in [-0.15, -0.1) is 0 Å². The van der Waals surface area contributed by atoms with Crippen molar-refractivity contribution in [2.45, 2.75) is 40.3 Å². The molecule has 1 aromatic rings. The van der Waals surface area contributed by atoms with Crippen LogP contribution in [0.1, 0.15) is 26.6 Å². The van der Waals surface area contributed by atoms with Crippen LogP contribution in [0.2, 0.25) is 0 Å². The maximum absolute atomic E-state index is 4.28. The van der Waals surface area contributed by atoms with Crippen molar-refractivity contribution < 1.29 is 0 Å². The van der Waals surface area contributed by atoms with Gasteiger partial charge in [-0.05, 0) is 12.3 Å². The van der Waals surface area contributed by atoms with E-state index in [9.17, 15) is 0 Å². The molecule has 1 aliphatic heterocycles. The van der Waals surface area contributed by atoms with Crippen LogP contribution < -0.4 is 5.32 Å². The van der Waals surface area contributed by atoms with E-state index < -0.39 is 0 Å². The third-order valence-electron chi connectivity index (χ3n) is 3.91. The van der Waals surface area contributed by atoms with E-state index in [-0.39, 0.29) is 0 Å². The minimum atomic E-state index is 0.331. The molecule has 0 radical (unpaired) electrons. The molecule has 2 rings (SSSR count). The van der Waals surface area contributed by atoms with E-state index in [1.165, 1.54) is 0 Å². The molecular weight excluding hydrogens is 224 g/mol. The molecule has 102 valence electrons. The monoisotopic (exact) mass is 250 g/mol. The smallest absolute Gasteiger partial charge is 0.105 e. The summed E-state index contributed by atoms with van der Waals surface area (Å²) in [4.78, 5) is 6.90. The van der Waals surface area contributed by atoms with Crippen molar-refractivity contribution in [1.82, 2.24) is 19.8 Å². The minimum Gasteiger partial charge on any atom is -0.334 e. The zero-order valence-corrected chi connectivity index (χ0v) is 12.1. The SMILES string of the molecule is Cc1nccn1CCN1CCNCC1C(C)(C)C. The minimum absolute atomic E-state index is 0.331. The molecule has 1 atom stereocenters. The lowest BCUT2D eigenvalue weighted by atomic mass is 9.84. The molecule has 0 bridgehead atoms. The fourth-order valence-corrected chi connectivity index (χ4v) is 2.74. The van der Waals surface area contributed by atoms with Crippen molar-refractivity contribution in [2.75, 3.05) is 26.2 Å². The Kier molecular flexibility index (Phi) is 4.07. The van der Waals surface area contributed by atoms with Gasteiger partial charge in [0.15, 0.2) is 0 Å². The van der Waals surface area contributed by atoms with Crippen LogP contribution in [-0.4, -0.2) is 46.7 Å². The highest BCUT2D eigenvalue weighted by molar-refractivity contribution is 4.91. The van der Waals surface area contributed by atoms with Crippen molar-refractivity contribution in [1.29, 1.82) is 0 Å². The number of nitrogens with one attached hydrogen (secondary N) is 1. The Hall–Kier alpha value is -0.870. The van der Waals surface area contributed by atoms with Crippen LogP contribution in [0, 0.1) is 12.3 Å². The van der Waals surface area contributed by atoms with Gasteiger partial charge in [0, 0.05) is 51.2 Å². The van der Waals surface area contributed by atoms with Crippen LogP contribution >= 0.6 is 0 Å². The fraction of sp³-hybridized carbons (Fsp3) is 0.786. The van der Waals surface area contributed by atoms with Crippen molar-refractivity contribution in [3.63, 3.8) is 0 Å². The summed E-state index contributed by atoms with van der Waals surface area (Å²) in [5.74, 6) is 1.11. The molecule has 2 heterocycles. The number of hydrogen-bond acceptors (Lipinski definition) is 3. The third-order valence-corrected chi connectivity index (χ3v) is 3.91. The molecular formula is C14H26N4. The van der Waals surface area contributed by atoms with E-state index in [1.807, 2.05) is 6.20 Å². The Bertz CT molecular complexity index is 377. The number of piperazine rings is 1. The van der Waals surface area contributed by atoms with Gasteiger partial charge < -0.3 is 9.88 Å². The highest BCUT2D eigenvalue weighted by Gasteiger charge is 2.31. The van der Waals surface area contributed by atoms with Gasteiger partial charge in [0.05, 0.1) is 0 Å². The molecule has 1 aliphatic rings. The van der Waals surface area contributed by atoms with Crippen LogP contribution in [0.25, 0.3) is 0 Å². The molecule has 18 heavy (non-hydrogen) atoms. The third kappa shape index (κ3) is 3.12. The number of aryl methyl sites for hydroxylation is 1. The molecule has 0 saturated carbocycles. The van der Waals surface area contributed by atoms with Crippen LogP contribution in [0.15, 0.2) is 12.4 Å². The van der Waals surface area contributed by atoms with E-state index in [0.717, 1.165) is 38.5 Å². The summed E-state index contributed by atoms with van der Waals surface area (Å²) < 4.78 is 2.24. The lowest BCUT2D eigenvalue weighted by Crippen LogP contribution is -2.57. The van der Waals surface area contributed by atoms with Gasteiger partial charge in [-0.1, -0.05) is 20.8 Å². The van der Waals surface area contributed by atoms with Gasteiger partial charge in [0.2, 0.25) is 0 Å². The summed E-state index contributed by atoms with van der Waals surface area (Å²) in [6.45, 7) is 14.6. The Labute approximate surface area is 110 Å². The molecule has 0 aliphatic carbocycles. The predicted molar refractivity (Wildman–Crippen MR) is 74.6 cm³/mol. The second-order valence-corrected chi connectivity index (χ2v) is 6.29. The Morgan fingerprint density at radius 3 is 2.78 bits per heavy atom. The maximum Gasteiger partial charge on any atom is 0.105 e. The second-order valence-electron chi connectivity index (χ2n) is 6.29. The highest BCUT2D eigenvalue weighted by Crippen LogP contribution is 2.25. The lowest BCUT2D eigenvalue weighted by molar-refractivity contribution is 0.0722. The first-order valence-electron chi connectivity index (χ1n) is 6.91. The fourth-order valence-electron chi connectivity index (χ4n) is 2.74. The molecule has 1 N–H and O–H groups in total. The van der Waals surface area contributed by atoms with Gasteiger partial charge in [0.1, 0.15) is 5.82 Å². The van der Waals surface area contributed by atoms with Crippen molar-refractivity contribution in [2.24, 2.45) is 5.41 Å². The van der Waals surface area contributed by atoms with Crippen molar-refractivity contribution >= 4 is 0 Å². The Morgan fingerprint density at radius 2 is 2.17 bits per heavy atom. The van der Waals surface area contributed by atoms with E-state index in [2.05, 4.69) is 53.7 Å². The quantitative estimate of drug-likeness (QED) is 0.883. The summed E-state index contributed by atoms with van der Waals surface area (Å²) >= 11 is 0. The first-order valence-corrected chi connectivity index (χ1v) is 6.91. The van der Waals surface area contributed by atoms with Crippen molar-refractivity contribution in [3.8, 4) is 0 Å². The maximum atomic E-state index is 4.28. The van der Waals surface area contributed by atoms with Crippen LogP contribution in [0.4, 0.5) is 0 Å². The van der Waals surface area contributed by atoms with Crippen LogP contribution in [-0.2, 0) is 6.54 Å². The van der Waals surface area contributed by atoms with Gasteiger partial charge in [-0.25, -0.2) is 4.98 Å². The van der Waals surface area contributed by atoms with Crippen molar-refractivity contribution in [3.05, 3.63) is 18.2 Å². The zero-order valence-electron chi connectivity index (χ0n) is 12.1. The number of rotatable bonds is 3. The first kappa shape index (κ1) is 13.6. The number of aromatic nitrogens is 2. The second kappa shape index (κ2) is 5.41. The van der Waals surface area contributed by atoms with E-state index >= 15 is 0 Å². The van der Waals surface area contributed by atoms with Gasteiger partial charge >= 0.3 is 0 Å². The van der Waals surface area contributed by atoms with E-state index in [0.29, 0.717) is 11.5 Å². The van der Waals surface area contributed by atoms with E-state index in [1.54, 1.807) is 0 Å². The average molecular weight is 250 g/mol. The Morgan fingerprint density at radius 1 is 1.39 bits per heavy atom. The summed E-state index contributed by atoms with van der Waals surface area (Å²) in [5.41, 5.74) is 0.331. The summed E-state index contributed by atoms with van der Waals surface area (Å²) in [6.07, 6.45) is 3.96. The zero-order chi connectivity index (χ0) is 13.2. The Balaban J connectivity index is 1.96. The molecule has 1 fully saturated rings. The lowest BCUT2D eigenvalue weighted by Gasteiger charge is -2.43. The molecule has 0 spiro atoms. The number of hydrogen-bond donors (Lipinski definition) is 1. The van der Waals surface area contributed by atoms with Gasteiger partial charge in [0.25, 0.3) is 0 Å². The number of nitrogens with zero attached hydrogens (tertiary/aromatic N) is 3. The van der Waals surface area contributed by atoms with E-state index in [4.69, 9.17) is 0 Å². The molecule has 0 aromatic carbocycles. The average Bonchev–Trinajstić information content (AvgIpc) is 2.71. The first-order chi connectivity index (χ1) is 8.48. The summed E-state index contributed by atoms with van der Waals surface area (Å²) in [7, 11) is 0. The molecule has 0 amide bonds. The normalized spacial score (nSPS) is 22.3. The molecule has 1 unspecified atom stereocenters. The standard InChI is InChI=1S/C14H26N4/c1-12-16-6-8-17(12)9-10-18-7-5-15-11-13(18)14(2,3)4/h6,8,13,15H,5,7,9-11H2,1-4H3. The summed E-state index contributed by atoms with van der Waals surface area (Å²) in [5, 5.41) is 3.52. The number of imidazole rings is 1. The van der Waals surface area contributed by atoms with Gasteiger partial charge in [-0.3, -0.25) is 4.90 Å². The largest absolute Gasteiger partial charge is 0.334 e. The van der Waals surface area contributed by atoms with Gasteiger partial charge in [-0.2, -0.15) is 0 Å². The molecule has 4 nitrogen and oxygen atoms in total. The van der Waals surface area contributed by atoms with Crippen LogP contribution in [0.3, 0.4) is 0 Å². The predicted octanol–water partition coefficient (Wildman–Crippen LogP) is 1.51. The highest BCUT2D eigenvalue weighted by atomic mass is 15.2. The topological polar surface area (TPSA) is 33.1 Å². The molecule has 1 saturated heterocycles. The molecule has 4 heteroatoms. The molecule has 1 aromatic heterocycles. The summed E-state index contributed by atoms with van der Waals surface area (Å²) in [6, 6.07) is 0.620. The van der Waals surface area contributed by atoms with Crippen LogP contribution in [0.5, 0.6) is 0 Å².